The van der Waals surface area contributed by atoms with Gasteiger partial charge in [-0.1, -0.05) is 18.0 Å². The fraction of sp³-hybridized carbons (Fsp3) is 0.889. The highest BCUT2D eigenvalue weighted by atomic mass is 16.7. The van der Waals surface area contributed by atoms with E-state index >= 15 is 0 Å². The van der Waals surface area contributed by atoms with Gasteiger partial charge in [-0.3, -0.25) is 0 Å². The molecule has 0 aromatic rings. The number of methoxy groups -OCH3 is 1. The highest BCUT2D eigenvalue weighted by Gasteiger charge is 2.36. The number of esters is 1. The summed E-state index contributed by atoms with van der Waals surface area (Å²) < 4.78 is 21.2. The zero-order valence-corrected chi connectivity index (χ0v) is 17.6. The standard InChI is InChI=1S/C18H32N4O6/c1-17(2,3)28-16(24)20-13(15(23)25-6)10-8-7-9-12(21-22-19)14-11-26-18(4,5)27-14/h12-14H,7-11H2,1-6H3,(H,20,24)/t12-,13-,14+/m0/s1. The quantitative estimate of drug-likeness (QED) is 0.207. The van der Waals surface area contributed by atoms with Gasteiger partial charge in [0.1, 0.15) is 11.6 Å². The van der Waals surface area contributed by atoms with Crippen molar-refractivity contribution in [3.05, 3.63) is 10.4 Å². The van der Waals surface area contributed by atoms with Crippen LogP contribution in [0.2, 0.25) is 0 Å². The second kappa shape index (κ2) is 10.5. The highest BCUT2D eigenvalue weighted by molar-refractivity contribution is 5.81. The third-order valence-electron chi connectivity index (χ3n) is 4.08. The van der Waals surface area contributed by atoms with Crippen LogP contribution in [0.4, 0.5) is 4.79 Å². The van der Waals surface area contributed by atoms with Crippen LogP contribution >= 0.6 is 0 Å². The van der Waals surface area contributed by atoms with E-state index in [1.54, 1.807) is 20.8 Å². The van der Waals surface area contributed by atoms with Crippen molar-refractivity contribution < 1.29 is 28.5 Å². The minimum Gasteiger partial charge on any atom is -0.467 e. The van der Waals surface area contributed by atoms with Crippen LogP contribution in [0.25, 0.3) is 10.4 Å². The van der Waals surface area contributed by atoms with Crippen LogP contribution < -0.4 is 5.32 Å². The molecule has 1 saturated heterocycles. The number of carbonyl (C=O) groups is 2. The molecule has 0 aromatic heterocycles. The van der Waals surface area contributed by atoms with Gasteiger partial charge in [-0.05, 0) is 53.0 Å². The van der Waals surface area contributed by atoms with Gasteiger partial charge in [0.25, 0.3) is 0 Å². The Morgan fingerprint density at radius 1 is 1.32 bits per heavy atom. The lowest BCUT2D eigenvalue weighted by molar-refractivity contribution is -0.143. The second-order valence-electron chi connectivity index (χ2n) is 8.15. The summed E-state index contributed by atoms with van der Waals surface area (Å²) in [4.78, 5) is 26.8. The smallest absolute Gasteiger partial charge is 0.408 e. The molecule has 0 spiro atoms. The summed E-state index contributed by atoms with van der Waals surface area (Å²) in [5, 5.41) is 6.36. The number of ether oxygens (including phenoxy) is 4. The number of nitrogens with zero attached hydrogens (tertiary/aromatic N) is 3. The van der Waals surface area contributed by atoms with E-state index in [1.165, 1.54) is 7.11 Å². The molecule has 0 radical (unpaired) electrons. The van der Waals surface area contributed by atoms with Crippen molar-refractivity contribution in [2.45, 2.75) is 89.9 Å². The maximum Gasteiger partial charge on any atom is 0.408 e. The summed E-state index contributed by atoms with van der Waals surface area (Å²) >= 11 is 0. The van der Waals surface area contributed by atoms with Crippen molar-refractivity contribution in [2.75, 3.05) is 13.7 Å². The Balaban J connectivity index is 2.52. The first-order valence-corrected chi connectivity index (χ1v) is 9.41. The minimum absolute atomic E-state index is 0.304. The van der Waals surface area contributed by atoms with Crippen LogP contribution in [0.5, 0.6) is 0 Å². The Morgan fingerprint density at radius 2 is 1.96 bits per heavy atom. The number of nitrogens with one attached hydrogen (secondary N) is 1. The predicted molar refractivity (Wildman–Crippen MR) is 101 cm³/mol. The number of alkyl carbamates (subject to hydrolysis) is 1. The lowest BCUT2D eigenvalue weighted by atomic mass is 10.0. The number of hydrogen-bond acceptors (Lipinski definition) is 7. The first kappa shape index (κ1) is 24.0. The van der Waals surface area contributed by atoms with Crippen molar-refractivity contribution in [3.63, 3.8) is 0 Å². The zero-order valence-electron chi connectivity index (χ0n) is 17.6. The third-order valence-corrected chi connectivity index (χ3v) is 4.08. The van der Waals surface area contributed by atoms with E-state index in [2.05, 4.69) is 15.3 Å². The van der Waals surface area contributed by atoms with Crippen LogP contribution in [-0.4, -0.2) is 55.4 Å². The average Bonchev–Trinajstić information content (AvgIpc) is 2.93. The first-order valence-electron chi connectivity index (χ1n) is 9.41. The lowest BCUT2D eigenvalue weighted by Crippen LogP contribution is -2.44. The molecule has 0 bridgehead atoms. The summed E-state index contributed by atoms with van der Waals surface area (Å²) in [5.74, 6) is -1.23. The van der Waals surface area contributed by atoms with Gasteiger partial charge in [-0.15, -0.1) is 0 Å². The molecule has 1 amide bonds. The molecule has 1 fully saturated rings. The molecule has 3 atom stereocenters. The maximum absolute atomic E-state index is 11.9. The molecule has 10 heteroatoms. The van der Waals surface area contributed by atoms with Crippen LogP contribution in [0, 0.1) is 0 Å². The topological polar surface area (TPSA) is 132 Å². The molecule has 1 aliphatic heterocycles. The van der Waals surface area contributed by atoms with E-state index in [4.69, 9.17) is 24.5 Å². The molecule has 0 saturated carbocycles. The molecule has 1 heterocycles. The Bertz CT molecular complexity index is 583. The second-order valence-corrected chi connectivity index (χ2v) is 8.15. The maximum atomic E-state index is 11.9. The monoisotopic (exact) mass is 400 g/mol. The van der Waals surface area contributed by atoms with Gasteiger partial charge >= 0.3 is 12.1 Å². The molecule has 0 aromatic carbocycles. The molecule has 0 aliphatic carbocycles. The number of azide groups is 1. The molecular weight excluding hydrogens is 368 g/mol. The molecule has 0 unspecified atom stereocenters. The number of rotatable bonds is 9. The summed E-state index contributed by atoms with van der Waals surface area (Å²) in [7, 11) is 1.27. The number of amides is 1. The van der Waals surface area contributed by atoms with E-state index in [9.17, 15) is 9.59 Å². The summed E-state index contributed by atoms with van der Waals surface area (Å²) in [5.41, 5.74) is 8.15. The number of unbranched alkanes of at least 4 members (excludes halogenated alkanes) is 1. The van der Waals surface area contributed by atoms with Crippen molar-refractivity contribution in [1.82, 2.24) is 5.32 Å². The molecule has 28 heavy (non-hydrogen) atoms. The Hall–Kier alpha value is -2.03. The Morgan fingerprint density at radius 3 is 2.46 bits per heavy atom. The first-order chi connectivity index (χ1) is 13.0. The molecule has 1 rings (SSSR count). The molecule has 160 valence electrons. The summed E-state index contributed by atoms with van der Waals surface area (Å²) in [6, 6.07) is -1.16. The van der Waals surface area contributed by atoms with E-state index in [-0.39, 0.29) is 12.1 Å². The molecule has 1 N–H and O–H groups in total. The Kier molecular flexibility index (Phi) is 9.00. The van der Waals surface area contributed by atoms with Crippen LogP contribution in [0.3, 0.4) is 0 Å². The molecular formula is C18H32N4O6. The molecule has 10 nitrogen and oxygen atoms in total. The van der Waals surface area contributed by atoms with Crippen molar-refractivity contribution >= 4 is 12.1 Å². The van der Waals surface area contributed by atoms with Crippen LogP contribution in [0.1, 0.15) is 60.3 Å². The minimum atomic E-state index is -0.803. The van der Waals surface area contributed by atoms with Gasteiger partial charge in [0.2, 0.25) is 0 Å². The zero-order chi connectivity index (χ0) is 21.4. The van der Waals surface area contributed by atoms with Gasteiger partial charge in [-0.25, -0.2) is 9.59 Å². The average molecular weight is 400 g/mol. The normalized spacial score (nSPS) is 20.6. The summed E-state index contributed by atoms with van der Waals surface area (Å²) in [6.07, 6.45) is 1.27. The predicted octanol–water partition coefficient (Wildman–Crippen LogP) is 3.44. The van der Waals surface area contributed by atoms with E-state index in [0.717, 1.165) is 0 Å². The number of hydrogen-bond donors (Lipinski definition) is 1. The third kappa shape index (κ3) is 8.77. The van der Waals surface area contributed by atoms with Gasteiger partial charge < -0.3 is 24.3 Å². The largest absolute Gasteiger partial charge is 0.467 e. The highest BCUT2D eigenvalue weighted by Crippen LogP contribution is 2.27. The molecule has 1 aliphatic rings. The fourth-order valence-electron chi connectivity index (χ4n) is 2.83. The summed E-state index contributed by atoms with van der Waals surface area (Å²) in [6.45, 7) is 9.21. The fourth-order valence-corrected chi connectivity index (χ4v) is 2.83. The van der Waals surface area contributed by atoms with Gasteiger partial charge in [0, 0.05) is 4.91 Å². The van der Waals surface area contributed by atoms with Gasteiger partial charge in [0.05, 0.1) is 25.9 Å². The van der Waals surface area contributed by atoms with E-state index in [1.807, 2.05) is 13.8 Å². The van der Waals surface area contributed by atoms with Crippen molar-refractivity contribution in [3.8, 4) is 0 Å². The van der Waals surface area contributed by atoms with Crippen LogP contribution in [0.15, 0.2) is 5.11 Å². The van der Waals surface area contributed by atoms with Gasteiger partial charge in [-0.2, -0.15) is 0 Å². The van der Waals surface area contributed by atoms with Crippen molar-refractivity contribution in [2.24, 2.45) is 5.11 Å². The SMILES string of the molecule is COC(=O)[C@H](CCCC[C@H](N=[N+]=[N-])[C@H]1COC(C)(C)O1)NC(=O)OC(C)(C)C. The lowest BCUT2D eigenvalue weighted by Gasteiger charge is -2.23. The van der Waals surface area contributed by atoms with E-state index in [0.29, 0.717) is 32.3 Å². The van der Waals surface area contributed by atoms with Crippen molar-refractivity contribution in [1.29, 1.82) is 0 Å². The van der Waals surface area contributed by atoms with Crippen LogP contribution in [-0.2, 0) is 23.7 Å². The Labute approximate surface area is 165 Å². The van der Waals surface area contributed by atoms with E-state index < -0.39 is 29.5 Å². The van der Waals surface area contributed by atoms with Gasteiger partial charge in [0.15, 0.2) is 5.79 Å². The number of carbonyl (C=O) groups excluding carboxylic acids is 2.